The molecule has 0 aliphatic heterocycles. The van der Waals surface area contributed by atoms with E-state index in [1.165, 1.54) is 0 Å². The van der Waals surface area contributed by atoms with Gasteiger partial charge in [0.25, 0.3) is 5.92 Å². The van der Waals surface area contributed by atoms with E-state index in [-0.39, 0.29) is 11.3 Å². The van der Waals surface area contributed by atoms with E-state index in [2.05, 4.69) is 6.58 Å². The molecule has 2 rings (SSSR count). The zero-order valence-corrected chi connectivity index (χ0v) is 13.7. The summed E-state index contributed by atoms with van der Waals surface area (Å²) in [4.78, 5) is 0. The summed E-state index contributed by atoms with van der Waals surface area (Å²) in [6, 6.07) is 4.48. The molecule has 9 heteroatoms. The van der Waals surface area contributed by atoms with E-state index in [0.29, 0.717) is 6.08 Å². The van der Waals surface area contributed by atoms with Gasteiger partial charge in [-0.05, 0) is 23.8 Å². The summed E-state index contributed by atoms with van der Waals surface area (Å²) in [5.41, 5.74) is -1.92. The third-order valence-electron chi connectivity index (χ3n) is 3.73. The van der Waals surface area contributed by atoms with Crippen molar-refractivity contribution in [3.8, 4) is 11.8 Å². The lowest BCUT2D eigenvalue weighted by molar-refractivity contribution is -0.125. The number of benzene rings is 1. The second kappa shape index (κ2) is 7.48. The van der Waals surface area contributed by atoms with Crippen molar-refractivity contribution in [1.29, 1.82) is 5.26 Å². The molecule has 0 radical (unpaired) electrons. The molecule has 3 nitrogen and oxygen atoms in total. The van der Waals surface area contributed by atoms with Gasteiger partial charge in [-0.3, -0.25) is 0 Å². The van der Waals surface area contributed by atoms with Gasteiger partial charge in [0, 0.05) is 24.5 Å². The van der Waals surface area contributed by atoms with Crippen LogP contribution < -0.4 is 4.74 Å². The SMILES string of the molecule is C=C1CC(F)(F)[C@@H](O)C/C(C(F)(F)F)=C\C=C1Oc1cc(F)cc(C#N)c1. The number of rotatable bonds is 2. The molecule has 144 valence electrons. The Bertz CT molecular complexity index is 848. The molecule has 1 aromatic carbocycles. The van der Waals surface area contributed by atoms with Crippen LogP contribution in [-0.2, 0) is 0 Å². The number of aliphatic hydroxyl groups excluding tert-OH is 1. The summed E-state index contributed by atoms with van der Waals surface area (Å²) in [6.07, 6.45) is -8.73. The lowest BCUT2D eigenvalue weighted by Crippen LogP contribution is -2.35. The predicted octanol–water partition coefficient (Wildman–Crippen LogP) is 4.79. The Labute approximate surface area is 150 Å². The third kappa shape index (κ3) is 5.14. The fraction of sp³-hybridized carbons (Fsp3) is 0.278. The van der Waals surface area contributed by atoms with Crippen LogP contribution in [0.3, 0.4) is 0 Å². The number of hydrogen-bond acceptors (Lipinski definition) is 3. The largest absolute Gasteiger partial charge is 0.457 e. The molecule has 1 aromatic rings. The zero-order valence-electron chi connectivity index (χ0n) is 13.7. The van der Waals surface area contributed by atoms with E-state index in [1.807, 2.05) is 0 Å². The second-order valence-electron chi connectivity index (χ2n) is 5.87. The normalized spacial score (nSPS) is 22.4. The average Bonchev–Trinajstić information content (AvgIpc) is 2.57. The van der Waals surface area contributed by atoms with Gasteiger partial charge in [-0.25, -0.2) is 13.2 Å². The maximum Gasteiger partial charge on any atom is 0.412 e. The number of nitriles is 1. The number of alkyl halides is 5. The van der Waals surface area contributed by atoms with Crippen LogP contribution >= 0.6 is 0 Å². The number of allylic oxidation sites excluding steroid dienone is 3. The Kier molecular flexibility index (Phi) is 5.70. The van der Waals surface area contributed by atoms with Crippen LogP contribution in [0.15, 0.2) is 53.8 Å². The van der Waals surface area contributed by atoms with Gasteiger partial charge in [-0.1, -0.05) is 12.7 Å². The van der Waals surface area contributed by atoms with Crippen molar-refractivity contribution in [3.05, 3.63) is 65.2 Å². The van der Waals surface area contributed by atoms with Crippen molar-refractivity contribution in [1.82, 2.24) is 0 Å². The molecule has 1 aliphatic carbocycles. The molecule has 0 saturated carbocycles. The quantitative estimate of drug-likeness (QED) is 0.740. The molecular weight excluding hydrogens is 376 g/mol. The lowest BCUT2D eigenvalue weighted by atomic mass is 9.99. The molecular formula is C18H13F6NO2. The van der Waals surface area contributed by atoms with Crippen LogP contribution in [0.5, 0.6) is 5.75 Å². The molecule has 0 unspecified atom stereocenters. The van der Waals surface area contributed by atoms with E-state index in [1.54, 1.807) is 6.07 Å². The minimum absolute atomic E-state index is 0.133. The van der Waals surface area contributed by atoms with Crippen molar-refractivity contribution >= 4 is 0 Å². The zero-order chi connectivity index (χ0) is 20.4. The minimum atomic E-state index is -4.95. The molecule has 0 saturated heterocycles. The summed E-state index contributed by atoms with van der Waals surface area (Å²) in [5.74, 6) is -5.50. The number of halogens is 6. The molecule has 0 fully saturated rings. The van der Waals surface area contributed by atoms with Crippen LogP contribution in [0.4, 0.5) is 26.3 Å². The van der Waals surface area contributed by atoms with Gasteiger partial charge in [-0.2, -0.15) is 18.4 Å². The Morgan fingerprint density at radius 1 is 1.22 bits per heavy atom. The number of hydrogen-bond donors (Lipinski definition) is 1. The van der Waals surface area contributed by atoms with Crippen molar-refractivity contribution in [2.75, 3.05) is 0 Å². The van der Waals surface area contributed by atoms with Gasteiger partial charge in [-0.15, -0.1) is 0 Å². The third-order valence-corrected chi connectivity index (χ3v) is 3.73. The van der Waals surface area contributed by atoms with Crippen molar-refractivity contribution in [2.45, 2.75) is 31.0 Å². The Hall–Kier alpha value is -2.73. The average molecular weight is 389 g/mol. The first-order chi connectivity index (χ1) is 12.4. The summed E-state index contributed by atoms with van der Waals surface area (Å²) in [6.45, 7) is 3.36. The molecule has 0 aromatic heterocycles. The summed E-state index contributed by atoms with van der Waals surface area (Å²) in [7, 11) is 0. The first-order valence-corrected chi connectivity index (χ1v) is 7.53. The standard InChI is InChI=1S/C18H13F6NO2/c1-10-8-17(20,21)16(26)6-12(18(22,23)24)2-3-15(10)27-14-5-11(9-25)4-13(19)7-14/h2-5,7,16,26H,1,6,8H2/b12-2+,15-3?/t16-/m0/s1. The van der Waals surface area contributed by atoms with E-state index >= 15 is 0 Å². The predicted molar refractivity (Wildman–Crippen MR) is 83.3 cm³/mol. The molecule has 1 N–H and O–H groups in total. The highest BCUT2D eigenvalue weighted by molar-refractivity contribution is 5.40. The number of aliphatic hydroxyl groups is 1. The van der Waals surface area contributed by atoms with E-state index < -0.39 is 53.8 Å². The Balaban J connectivity index is 2.48. The van der Waals surface area contributed by atoms with E-state index in [0.717, 1.165) is 24.3 Å². The van der Waals surface area contributed by atoms with Crippen LogP contribution in [0.25, 0.3) is 0 Å². The lowest BCUT2D eigenvalue weighted by Gasteiger charge is -2.24. The first-order valence-electron chi connectivity index (χ1n) is 7.53. The monoisotopic (exact) mass is 389 g/mol. The van der Waals surface area contributed by atoms with Crippen molar-refractivity contribution in [3.63, 3.8) is 0 Å². The van der Waals surface area contributed by atoms with E-state index in [4.69, 9.17) is 10.00 Å². The minimum Gasteiger partial charge on any atom is -0.457 e. The molecule has 0 heterocycles. The van der Waals surface area contributed by atoms with Gasteiger partial charge >= 0.3 is 6.18 Å². The molecule has 0 spiro atoms. The number of ether oxygens (including phenoxy) is 1. The van der Waals surface area contributed by atoms with Gasteiger partial charge in [0.1, 0.15) is 23.4 Å². The summed E-state index contributed by atoms with van der Waals surface area (Å²) in [5, 5.41) is 18.3. The van der Waals surface area contributed by atoms with Crippen LogP contribution in [0.1, 0.15) is 18.4 Å². The van der Waals surface area contributed by atoms with Gasteiger partial charge in [0.15, 0.2) is 0 Å². The Morgan fingerprint density at radius 3 is 2.48 bits per heavy atom. The van der Waals surface area contributed by atoms with Crippen LogP contribution in [0, 0.1) is 17.1 Å². The molecule has 27 heavy (non-hydrogen) atoms. The summed E-state index contributed by atoms with van der Waals surface area (Å²) >= 11 is 0. The molecule has 1 aliphatic rings. The van der Waals surface area contributed by atoms with Gasteiger partial charge in [0.05, 0.1) is 11.6 Å². The fourth-order valence-corrected chi connectivity index (χ4v) is 2.34. The topological polar surface area (TPSA) is 53.2 Å². The molecule has 0 amide bonds. The molecule has 1 atom stereocenters. The smallest absolute Gasteiger partial charge is 0.412 e. The van der Waals surface area contributed by atoms with Crippen molar-refractivity contribution in [2.24, 2.45) is 0 Å². The maximum absolute atomic E-state index is 14.0. The molecule has 0 bridgehead atoms. The van der Waals surface area contributed by atoms with Gasteiger partial charge < -0.3 is 9.84 Å². The Morgan fingerprint density at radius 2 is 1.89 bits per heavy atom. The fourth-order valence-electron chi connectivity index (χ4n) is 2.34. The second-order valence-corrected chi connectivity index (χ2v) is 5.87. The highest BCUT2D eigenvalue weighted by Gasteiger charge is 2.44. The van der Waals surface area contributed by atoms with Gasteiger partial charge in [0.2, 0.25) is 0 Å². The highest BCUT2D eigenvalue weighted by Crippen LogP contribution is 2.38. The van der Waals surface area contributed by atoms with Crippen molar-refractivity contribution < 1.29 is 36.2 Å². The highest BCUT2D eigenvalue weighted by atomic mass is 19.4. The number of nitrogens with zero attached hydrogens (tertiary/aromatic N) is 1. The first kappa shape index (κ1) is 20.6. The summed E-state index contributed by atoms with van der Waals surface area (Å²) < 4.78 is 85.8. The van der Waals surface area contributed by atoms with E-state index in [9.17, 15) is 31.4 Å². The maximum atomic E-state index is 14.0. The van der Waals surface area contributed by atoms with Crippen LogP contribution in [-0.4, -0.2) is 23.3 Å². The van der Waals surface area contributed by atoms with Crippen LogP contribution in [0.2, 0.25) is 0 Å².